The standard InChI is InChI=1S/C46H82N8O11/c1-15-17-18-31(7)39(56)38(53(14)37(55)25-29(3)4)42(59)48-33(16-2)43(60)51(12)36(28-65-24-21-54-19-22-64-23-20-54)44(61)50(11)35(27-46(9,10)63)41(58)49-45(62)52(13)34(40(47)57)26-32(8)30(5)6/h15,17,29-31,33-36,38-39,56,63H,8,16,18-28H2,1-7,9-14H3,(H2,47,57)(H,48,59)(H,49,58,62)/b17-15+/t31-,33+,34-,35+,36-,38+,39-/m1/s1. The highest BCUT2D eigenvalue weighted by molar-refractivity contribution is 6.01. The molecule has 1 fully saturated rings. The zero-order valence-electron chi connectivity index (χ0n) is 41.4. The molecular weight excluding hydrogens is 841 g/mol. The van der Waals surface area contributed by atoms with E-state index < -0.39 is 83.4 Å². The Morgan fingerprint density at radius 3 is 1.97 bits per heavy atom. The summed E-state index contributed by atoms with van der Waals surface area (Å²) >= 11 is 0. The lowest BCUT2D eigenvalue weighted by Crippen LogP contribution is -2.62. The second-order valence-corrected chi connectivity index (χ2v) is 18.6. The molecule has 0 radical (unpaired) electrons. The summed E-state index contributed by atoms with van der Waals surface area (Å²) in [7, 11) is 5.41. The van der Waals surface area contributed by atoms with Gasteiger partial charge in [-0.1, -0.05) is 65.8 Å². The van der Waals surface area contributed by atoms with E-state index in [1.54, 1.807) is 13.8 Å². The fourth-order valence-electron chi connectivity index (χ4n) is 7.17. The van der Waals surface area contributed by atoms with Crippen LogP contribution >= 0.6 is 0 Å². The van der Waals surface area contributed by atoms with Crippen LogP contribution in [0, 0.1) is 17.8 Å². The van der Waals surface area contributed by atoms with Gasteiger partial charge in [0.05, 0.1) is 38.1 Å². The molecule has 0 aromatic heterocycles. The first-order valence-corrected chi connectivity index (χ1v) is 22.7. The number of allylic oxidation sites excluding steroid dienone is 2. The smallest absolute Gasteiger partial charge is 0.324 e. The topological polar surface area (TPSA) is 245 Å². The Hall–Kier alpha value is -4.43. The minimum atomic E-state index is -1.55. The fourth-order valence-corrected chi connectivity index (χ4v) is 7.17. The van der Waals surface area contributed by atoms with Crippen molar-refractivity contribution in [3.05, 3.63) is 24.3 Å². The van der Waals surface area contributed by atoms with Crippen LogP contribution in [0.1, 0.15) is 94.4 Å². The zero-order chi connectivity index (χ0) is 49.9. The van der Waals surface area contributed by atoms with Crippen molar-refractivity contribution in [2.45, 2.75) is 136 Å². The van der Waals surface area contributed by atoms with E-state index in [2.05, 4.69) is 22.1 Å². The third-order valence-electron chi connectivity index (χ3n) is 11.8. The number of carbonyl (C=O) groups is 7. The van der Waals surface area contributed by atoms with Crippen molar-refractivity contribution in [1.82, 2.24) is 35.1 Å². The van der Waals surface area contributed by atoms with E-state index >= 15 is 0 Å². The van der Waals surface area contributed by atoms with Gasteiger partial charge in [-0.25, -0.2) is 4.79 Å². The number of primary amides is 1. The van der Waals surface area contributed by atoms with E-state index in [0.717, 1.165) is 14.7 Å². The molecule has 7 atom stereocenters. The molecule has 0 aliphatic carbocycles. The summed E-state index contributed by atoms with van der Waals surface area (Å²) in [6.07, 6.45) is 2.67. The van der Waals surface area contributed by atoms with Gasteiger partial charge in [-0.2, -0.15) is 0 Å². The molecule has 372 valence electrons. The van der Waals surface area contributed by atoms with Gasteiger partial charge in [0, 0.05) is 60.7 Å². The second-order valence-electron chi connectivity index (χ2n) is 18.6. The van der Waals surface area contributed by atoms with Crippen LogP contribution in [0.2, 0.25) is 0 Å². The van der Waals surface area contributed by atoms with Crippen molar-refractivity contribution in [3.8, 4) is 0 Å². The molecule has 1 saturated heterocycles. The van der Waals surface area contributed by atoms with E-state index in [4.69, 9.17) is 15.2 Å². The molecule has 0 spiro atoms. The molecule has 65 heavy (non-hydrogen) atoms. The highest BCUT2D eigenvalue weighted by Crippen LogP contribution is 2.22. The van der Waals surface area contributed by atoms with E-state index in [0.29, 0.717) is 44.8 Å². The van der Waals surface area contributed by atoms with Crippen LogP contribution < -0.4 is 16.4 Å². The number of nitrogens with zero attached hydrogens (tertiary/aromatic N) is 5. The summed E-state index contributed by atoms with van der Waals surface area (Å²) in [4.78, 5) is 103. The Labute approximate surface area is 387 Å². The van der Waals surface area contributed by atoms with Crippen LogP contribution in [0.5, 0.6) is 0 Å². The fraction of sp³-hybridized carbons (Fsp3) is 0.761. The molecule has 19 nitrogen and oxygen atoms in total. The summed E-state index contributed by atoms with van der Waals surface area (Å²) in [5.41, 5.74) is 4.75. The summed E-state index contributed by atoms with van der Waals surface area (Å²) in [5.74, 6) is -4.89. The number of carbonyl (C=O) groups excluding carboxylic acids is 7. The largest absolute Gasteiger partial charge is 0.390 e. The van der Waals surface area contributed by atoms with Crippen LogP contribution in [-0.4, -0.2) is 192 Å². The van der Waals surface area contributed by atoms with Crippen molar-refractivity contribution in [1.29, 1.82) is 0 Å². The molecule has 6 N–H and O–H groups in total. The van der Waals surface area contributed by atoms with Crippen LogP contribution in [0.25, 0.3) is 0 Å². The third kappa shape index (κ3) is 19.1. The number of likely N-dealkylation sites (N-methyl/N-ethyl adjacent to an activating group) is 4. The number of aliphatic hydroxyl groups is 2. The van der Waals surface area contributed by atoms with E-state index in [-0.39, 0.29) is 56.6 Å². The van der Waals surface area contributed by atoms with E-state index in [9.17, 15) is 43.8 Å². The maximum Gasteiger partial charge on any atom is 0.324 e. The molecule has 0 bridgehead atoms. The van der Waals surface area contributed by atoms with Gasteiger partial charge in [0.15, 0.2) is 0 Å². The second kappa shape index (κ2) is 27.9. The minimum Gasteiger partial charge on any atom is -0.390 e. The zero-order valence-corrected chi connectivity index (χ0v) is 41.4. The average Bonchev–Trinajstić information content (AvgIpc) is 3.23. The summed E-state index contributed by atoms with van der Waals surface area (Å²) in [5, 5.41) is 27.4. The molecule has 1 aliphatic heterocycles. The average molecular weight is 923 g/mol. The van der Waals surface area contributed by atoms with Crippen LogP contribution in [-0.2, 0) is 38.2 Å². The van der Waals surface area contributed by atoms with Crippen molar-refractivity contribution in [2.75, 3.05) is 74.3 Å². The van der Waals surface area contributed by atoms with Crippen LogP contribution in [0.15, 0.2) is 24.3 Å². The number of morpholine rings is 1. The van der Waals surface area contributed by atoms with Crippen molar-refractivity contribution in [2.24, 2.45) is 23.5 Å². The highest BCUT2D eigenvalue weighted by atomic mass is 16.5. The molecular formula is C46H82N8O11. The lowest BCUT2D eigenvalue weighted by molar-refractivity contribution is -0.153. The molecule has 8 amide bonds. The molecule has 0 aromatic rings. The highest BCUT2D eigenvalue weighted by Gasteiger charge is 2.42. The molecule has 0 saturated carbocycles. The normalized spacial score (nSPS) is 16.8. The lowest BCUT2D eigenvalue weighted by Gasteiger charge is -2.38. The summed E-state index contributed by atoms with van der Waals surface area (Å²) in [6.45, 7) is 22.3. The first-order chi connectivity index (χ1) is 30.2. The molecule has 1 rings (SSSR count). The number of hydrogen-bond donors (Lipinski definition) is 5. The number of ether oxygens (including phenoxy) is 2. The van der Waals surface area contributed by atoms with Crippen LogP contribution in [0.3, 0.4) is 0 Å². The van der Waals surface area contributed by atoms with E-state index in [1.807, 2.05) is 46.8 Å². The number of urea groups is 1. The van der Waals surface area contributed by atoms with Gasteiger partial charge >= 0.3 is 6.03 Å². The Balaban J connectivity index is 3.61. The predicted octanol–water partition coefficient (Wildman–Crippen LogP) is 1.51. The van der Waals surface area contributed by atoms with Crippen molar-refractivity contribution in [3.63, 3.8) is 0 Å². The minimum absolute atomic E-state index is 0.0188. The monoisotopic (exact) mass is 923 g/mol. The molecule has 1 aliphatic rings. The Morgan fingerprint density at radius 2 is 1.46 bits per heavy atom. The van der Waals surface area contributed by atoms with Gasteiger partial charge in [0.1, 0.15) is 30.2 Å². The summed E-state index contributed by atoms with van der Waals surface area (Å²) in [6, 6.07) is -7.58. The van der Waals surface area contributed by atoms with Gasteiger partial charge in [-0.3, -0.25) is 39.0 Å². The number of hydrogen-bond acceptors (Lipinski definition) is 12. The van der Waals surface area contributed by atoms with Gasteiger partial charge in [0.2, 0.25) is 29.5 Å². The van der Waals surface area contributed by atoms with Gasteiger partial charge in [0.25, 0.3) is 5.91 Å². The molecule has 0 unspecified atom stereocenters. The van der Waals surface area contributed by atoms with Gasteiger partial charge < -0.3 is 50.3 Å². The van der Waals surface area contributed by atoms with E-state index in [1.165, 1.54) is 46.9 Å². The first kappa shape index (κ1) is 58.6. The van der Waals surface area contributed by atoms with Crippen LogP contribution in [0.4, 0.5) is 4.79 Å². The Morgan fingerprint density at radius 1 is 0.877 bits per heavy atom. The lowest BCUT2D eigenvalue weighted by atomic mass is 9.92. The number of nitrogens with two attached hydrogens (primary N) is 1. The Kier molecular flexibility index (Phi) is 25.2. The third-order valence-corrected chi connectivity index (χ3v) is 11.8. The molecule has 19 heteroatoms. The molecule has 0 aromatic carbocycles. The Bertz CT molecular complexity index is 1630. The number of aliphatic hydroxyl groups excluding tert-OH is 1. The maximum absolute atomic E-state index is 14.7. The first-order valence-electron chi connectivity index (χ1n) is 22.7. The number of nitrogens with one attached hydrogen (secondary N) is 2. The SMILES string of the molecule is C=C(C[C@H](C(N)=O)N(C)C(=O)NC(=O)[C@H](CC(C)(C)O)N(C)C(=O)[C@@H](COCCN1CCOCC1)N(C)C(=O)[C@H](CC)NC(=O)[C@H]([C@H](O)[C@H](C)C/C=C/C)N(C)C(=O)CC(C)C)C(C)C. The molecule has 1 heterocycles. The van der Waals surface area contributed by atoms with Crippen molar-refractivity contribution >= 4 is 41.5 Å². The predicted molar refractivity (Wildman–Crippen MR) is 248 cm³/mol. The summed E-state index contributed by atoms with van der Waals surface area (Å²) < 4.78 is 11.5. The maximum atomic E-state index is 14.7. The van der Waals surface area contributed by atoms with Crippen molar-refractivity contribution < 1.29 is 53.2 Å². The van der Waals surface area contributed by atoms with Gasteiger partial charge in [-0.05, 0) is 57.8 Å². The number of imide groups is 1. The number of amides is 8. The quantitative estimate of drug-likeness (QED) is 0.0582. The van der Waals surface area contributed by atoms with Gasteiger partial charge in [-0.15, -0.1) is 0 Å². The number of rotatable bonds is 27.